The lowest BCUT2D eigenvalue weighted by molar-refractivity contribution is -0.131. The Balaban J connectivity index is 1.26. The molecule has 2 amide bonds. The van der Waals surface area contributed by atoms with Crippen LogP contribution in [0.3, 0.4) is 0 Å². The number of anilines is 2. The van der Waals surface area contributed by atoms with Crippen LogP contribution in [0.4, 0.5) is 15.8 Å². The van der Waals surface area contributed by atoms with Crippen molar-refractivity contribution in [3.8, 4) is 11.5 Å². The molecule has 1 aliphatic rings. The number of carbonyl (C=O) groups excluding carboxylic acids is 2. The average molecular weight is 484 g/mol. The summed E-state index contributed by atoms with van der Waals surface area (Å²) in [5.74, 6) is 0.178. The number of nitrogens with one attached hydrogen (secondary N) is 2. The van der Waals surface area contributed by atoms with Crippen LogP contribution < -0.4 is 15.4 Å². The Kier molecular flexibility index (Phi) is 6.14. The first-order valence-corrected chi connectivity index (χ1v) is 11.9. The summed E-state index contributed by atoms with van der Waals surface area (Å²) in [6.45, 7) is 4.21. The molecule has 0 radical (unpaired) electrons. The van der Waals surface area contributed by atoms with Gasteiger partial charge in [-0.3, -0.25) is 14.6 Å². The number of hydrogen-bond acceptors (Lipinski definition) is 4. The zero-order valence-electron chi connectivity index (χ0n) is 20.1. The second kappa shape index (κ2) is 9.41. The largest absolute Gasteiger partial charge is 0.457 e. The number of aryl methyl sites for hydroxylation is 2. The quantitative estimate of drug-likeness (QED) is 0.298. The summed E-state index contributed by atoms with van der Waals surface area (Å²) >= 11 is 0. The van der Waals surface area contributed by atoms with Crippen LogP contribution in [-0.2, 0) is 16.0 Å². The molecule has 7 heteroatoms. The standard InChI is InChI=1S/C29H26FN3O3/c1-3-19-17-25-24(16-18(19)2)26(12-15-31-25)36-23-10-8-22(9-11-23)33-28(35)29(13-14-29)27(34)32-21-6-4-20(30)5-7-21/h4-12,15-17H,3,13-14H2,1-2H3,(H,32,34)(H,33,35). The van der Waals surface area contributed by atoms with Gasteiger partial charge in [0.25, 0.3) is 0 Å². The Morgan fingerprint density at radius 3 is 2.14 bits per heavy atom. The van der Waals surface area contributed by atoms with Gasteiger partial charge in [-0.25, -0.2) is 4.39 Å². The Morgan fingerprint density at radius 2 is 1.56 bits per heavy atom. The SMILES string of the molecule is CCc1cc2nccc(Oc3ccc(NC(=O)C4(C(=O)Nc5ccc(F)cc5)CC4)cc3)c2cc1C. The number of halogens is 1. The Labute approximate surface area is 208 Å². The zero-order chi connectivity index (χ0) is 25.3. The number of aromatic nitrogens is 1. The van der Waals surface area contributed by atoms with E-state index in [0.717, 1.165) is 17.3 Å². The summed E-state index contributed by atoms with van der Waals surface area (Å²) in [5, 5.41) is 6.48. The minimum Gasteiger partial charge on any atom is -0.457 e. The number of hydrogen-bond donors (Lipinski definition) is 2. The Hall–Kier alpha value is -4.26. The third-order valence-corrected chi connectivity index (χ3v) is 6.60. The summed E-state index contributed by atoms with van der Waals surface area (Å²) in [6, 6.07) is 18.5. The Bertz CT molecular complexity index is 1450. The highest BCUT2D eigenvalue weighted by molar-refractivity contribution is 6.16. The normalized spacial score (nSPS) is 13.8. The van der Waals surface area contributed by atoms with Gasteiger partial charge < -0.3 is 15.4 Å². The first kappa shape index (κ1) is 23.5. The van der Waals surface area contributed by atoms with Crippen molar-refractivity contribution >= 4 is 34.1 Å². The highest BCUT2D eigenvalue weighted by Gasteiger charge is 2.56. The predicted octanol–water partition coefficient (Wildman–Crippen LogP) is 6.39. The number of benzene rings is 3. The van der Waals surface area contributed by atoms with Gasteiger partial charge in [0, 0.05) is 23.0 Å². The van der Waals surface area contributed by atoms with Crippen LogP contribution in [0.1, 0.15) is 30.9 Å². The van der Waals surface area contributed by atoms with Gasteiger partial charge in [-0.1, -0.05) is 6.92 Å². The molecule has 1 heterocycles. The van der Waals surface area contributed by atoms with Crippen molar-refractivity contribution in [2.75, 3.05) is 10.6 Å². The number of carbonyl (C=O) groups is 2. The second-order valence-corrected chi connectivity index (χ2v) is 9.08. The van der Waals surface area contributed by atoms with Crippen LogP contribution in [0.5, 0.6) is 11.5 Å². The minimum atomic E-state index is -1.12. The molecule has 4 aromatic rings. The summed E-state index contributed by atoms with van der Waals surface area (Å²) in [4.78, 5) is 30.1. The molecule has 0 atom stereocenters. The van der Waals surface area contributed by atoms with Gasteiger partial charge in [-0.05, 0) is 104 Å². The molecule has 1 fully saturated rings. The Morgan fingerprint density at radius 1 is 0.944 bits per heavy atom. The van der Waals surface area contributed by atoms with E-state index in [4.69, 9.17) is 4.74 Å². The lowest BCUT2D eigenvalue weighted by Gasteiger charge is -2.16. The molecule has 0 aliphatic heterocycles. The maximum Gasteiger partial charge on any atom is 0.240 e. The molecule has 5 rings (SSSR count). The zero-order valence-corrected chi connectivity index (χ0v) is 20.1. The second-order valence-electron chi connectivity index (χ2n) is 9.08. The number of ether oxygens (including phenoxy) is 1. The van der Waals surface area contributed by atoms with Gasteiger partial charge in [0.1, 0.15) is 22.7 Å². The van der Waals surface area contributed by atoms with Crippen molar-refractivity contribution in [1.29, 1.82) is 0 Å². The molecule has 1 saturated carbocycles. The van der Waals surface area contributed by atoms with E-state index in [1.165, 1.54) is 35.4 Å². The van der Waals surface area contributed by atoms with Crippen LogP contribution in [-0.4, -0.2) is 16.8 Å². The molecule has 182 valence electrons. The molecule has 0 bridgehead atoms. The molecule has 0 unspecified atom stereocenters. The highest BCUT2D eigenvalue weighted by atomic mass is 19.1. The topological polar surface area (TPSA) is 80.3 Å². The lowest BCUT2D eigenvalue weighted by atomic mass is 10.0. The molecule has 1 aliphatic carbocycles. The van der Waals surface area contributed by atoms with E-state index < -0.39 is 17.1 Å². The van der Waals surface area contributed by atoms with Gasteiger partial charge in [-0.15, -0.1) is 0 Å². The van der Waals surface area contributed by atoms with E-state index in [2.05, 4.69) is 41.6 Å². The highest BCUT2D eigenvalue weighted by Crippen LogP contribution is 2.47. The number of rotatable bonds is 7. The molecule has 0 spiro atoms. The minimum absolute atomic E-state index is 0.363. The molecule has 36 heavy (non-hydrogen) atoms. The van der Waals surface area contributed by atoms with Crippen LogP contribution in [0, 0.1) is 18.2 Å². The van der Waals surface area contributed by atoms with Crippen molar-refractivity contribution < 1.29 is 18.7 Å². The molecular formula is C29H26FN3O3. The molecule has 6 nitrogen and oxygen atoms in total. The first-order chi connectivity index (χ1) is 17.4. The molecule has 0 saturated heterocycles. The summed E-state index contributed by atoms with van der Waals surface area (Å²) in [7, 11) is 0. The first-order valence-electron chi connectivity index (χ1n) is 11.9. The number of pyridine rings is 1. The molecule has 1 aromatic heterocycles. The van der Waals surface area contributed by atoms with Crippen molar-refractivity contribution in [2.45, 2.75) is 33.1 Å². The maximum absolute atomic E-state index is 13.1. The number of amides is 2. The predicted molar refractivity (Wildman–Crippen MR) is 138 cm³/mol. The van der Waals surface area contributed by atoms with Crippen LogP contribution in [0.2, 0.25) is 0 Å². The summed E-state index contributed by atoms with van der Waals surface area (Å²) < 4.78 is 19.2. The van der Waals surface area contributed by atoms with Crippen molar-refractivity contribution in [1.82, 2.24) is 4.98 Å². The van der Waals surface area contributed by atoms with Crippen LogP contribution in [0.15, 0.2) is 72.9 Å². The van der Waals surface area contributed by atoms with Crippen molar-refractivity contribution in [3.05, 3.63) is 89.9 Å². The summed E-state index contributed by atoms with van der Waals surface area (Å²) in [5.41, 5.74) is 3.23. The van der Waals surface area contributed by atoms with E-state index in [-0.39, 0.29) is 5.91 Å². The fraction of sp³-hybridized carbons (Fsp3) is 0.207. The lowest BCUT2D eigenvalue weighted by Crippen LogP contribution is -2.35. The average Bonchev–Trinajstić information content (AvgIpc) is 3.69. The molecule has 3 aromatic carbocycles. The van der Waals surface area contributed by atoms with Gasteiger partial charge in [0.05, 0.1) is 5.52 Å². The third kappa shape index (κ3) is 4.64. The van der Waals surface area contributed by atoms with E-state index in [1.54, 1.807) is 30.5 Å². The van der Waals surface area contributed by atoms with Gasteiger partial charge in [0.15, 0.2) is 0 Å². The number of nitrogens with zero attached hydrogens (tertiary/aromatic N) is 1. The van der Waals surface area contributed by atoms with E-state index >= 15 is 0 Å². The fourth-order valence-electron chi connectivity index (χ4n) is 4.24. The van der Waals surface area contributed by atoms with Gasteiger partial charge in [-0.2, -0.15) is 0 Å². The summed E-state index contributed by atoms with van der Waals surface area (Å²) in [6.07, 6.45) is 3.59. The smallest absolute Gasteiger partial charge is 0.240 e. The van der Waals surface area contributed by atoms with Crippen LogP contribution >= 0.6 is 0 Å². The van der Waals surface area contributed by atoms with Crippen molar-refractivity contribution in [3.63, 3.8) is 0 Å². The number of fused-ring (bicyclic) bond motifs is 1. The van der Waals surface area contributed by atoms with Gasteiger partial charge >= 0.3 is 0 Å². The molecular weight excluding hydrogens is 457 g/mol. The third-order valence-electron chi connectivity index (χ3n) is 6.60. The maximum atomic E-state index is 13.1. The van der Waals surface area contributed by atoms with E-state index in [0.29, 0.717) is 35.7 Å². The molecule has 2 N–H and O–H groups in total. The monoisotopic (exact) mass is 483 g/mol. The van der Waals surface area contributed by atoms with Crippen molar-refractivity contribution in [2.24, 2.45) is 5.41 Å². The van der Waals surface area contributed by atoms with E-state index in [1.807, 2.05) is 6.07 Å². The fourth-order valence-corrected chi connectivity index (χ4v) is 4.24. The van der Waals surface area contributed by atoms with Crippen LogP contribution in [0.25, 0.3) is 10.9 Å². The van der Waals surface area contributed by atoms with Gasteiger partial charge in [0.2, 0.25) is 11.8 Å². The van der Waals surface area contributed by atoms with E-state index in [9.17, 15) is 14.0 Å².